The number of rotatable bonds is 8. The average Bonchev–Trinajstić information content (AvgIpc) is 2.41. The van der Waals surface area contributed by atoms with E-state index < -0.39 is 9.84 Å². The standard InChI is InChI=1S/C15H25NO3S/c1-5-14(16-4)13-8-6-7-9-15(13)19-10-11-20(17,18)12(2)3/h6-9,12,14,16H,5,10-11H2,1-4H3. The molecule has 0 aliphatic rings. The number of para-hydroxylation sites is 1. The fourth-order valence-electron chi connectivity index (χ4n) is 1.98. The average molecular weight is 299 g/mol. The molecule has 0 spiro atoms. The summed E-state index contributed by atoms with van der Waals surface area (Å²) in [5.74, 6) is 0.808. The van der Waals surface area contributed by atoms with Gasteiger partial charge in [0.25, 0.3) is 0 Å². The van der Waals surface area contributed by atoms with Crippen molar-refractivity contribution < 1.29 is 13.2 Å². The van der Waals surface area contributed by atoms with Gasteiger partial charge >= 0.3 is 0 Å². The molecule has 1 aromatic rings. The zero-order valence-corrected chi connectivity index (χ0v) is 13.5. The maximum Gasteiger partial charge on any atom is 0.155 e. The summed E-state index contributed by atoms with van der Waals surface area (Å²) in [6.45, 7) is 5.67. The van der Waals surface area contributed by atoms with E-state index in [0.29, 0.717) is 0 Å². The van der Waals surface area contributed by atoms with Crippen LogP contribution in [0.1, 0.15) is 38.8 Å². The van der Waals surface area contributed by atoms with E-state index in [4.69, 9.17) is 4.74 Å². The molecular formula is C15H25NO3S. The molecule has 0 bridgehead atoms. The second-order valence-corrected chi connectivity index (χ2v) is 7.73. The second-order valence-electron chi connectivity index (χ2n) is 5.05. The summed E-state index contributed by atoms with van der Waals surface area (Å²) in [6.07, 6.45) is 0.946. The van der Waals surface area contributed by atoms with Gasteiger partial charge < -0.3 is 10.1 Å². The van der Waals surface area contributed by atoms with Crippen molar-refractivity contribution in [2.45, 2.75) is 38.5 Å². The third-order valence-electron chi connectivity index (χ3n) is 3.39. The van der Waals surface area contributed by atoms with E-state index in [2.05, 4.69) is 12.2 Å². The smallest absolute Gasteiger partial charge is 0.155 e. The third-order valence-corrected chi connectivity index (χ3v) is 5.57. The van der Waals surface area contributed by atoms with Gasteiger partial charge in [0.05, 0.1) is 11.0 Å². The Hall–Kier alpha value is -1.07. The maximum absolute atomic E-state index is 11.8. The van der Waals surface area contributed by atoms with E-state index in [0.717, 1.165) is 17.7 Å². The first-order valence-corrected chi connectivity index (χ1v) is 8.74. The molecule has 1 unspecified atom stereocenters. The highest BCUT2D eigenvalue weighted by Gasteiger charge is 2.17. The summed E-state index contributed by atoms with van der Waals surface area (Å²) in [7, 11) is -1.14. The van der Waals surface area contributed by atoms with Crippen LogP contribution in [0.4, 0.5) is 0 Å². The van der Waals surface area contributed by atoms with Crippen molar-refractivity contribution in [2.75, 3.05) is 19.4 Å². The van der Waals surface area contributed by atoms with Gasteiger partial charge in [0, 0.05) is 11.6 Å². The quantitative estimate of drug-likeness (QED) is 0.801. The predicted octanol–water partition coefficient (Wildman–Crippen LogP) is 2.56. The molecule has 0 aromatic heterocycles. The van der Waals surface area contributed by atoms with Crippen LogP contribution in [0.3, 0.4) is 0 Å². The number of nitrogens with one attached hydrogen (secondary N) is 1. The Morgan fingerprint density at radius 2 is 1.90 bits per heavy atom. The van der Waals surface area contributed by atoms with Crippen molar-refractivity contribution >= 4 is 9.84 Å². The van der Waals surface area contributed by atoms with E-state index >= 15 is 0 Å². The monoisotopic (exact) mass is 299 g/mol. The molecule has 1 aromatic carbocycles. The van der Waals surface area contributed by atoms with Crippen molar-refractivity contribution in [3.63, 3.8) is 0 Å². The lowest BCUT2D eigenvalue weighted by molar-refractivity contribution is 0.332. The summed E-state index contributed by atoms with van der Waals surface area (Å²) in [5, 5.41) is 2.88. The normalized spacial score (nSPS) is 13.4. The topological polar surface area (TPSA) is 55.4 Å². The molecule has 114 valence electrons. The van der Waals surface area contributed by atoms with Crippen molar-refractivity contribution in [1.82, 2.24) is 5.32 Å². The first kappa shape index (κ1) is 17.0. The van der Waals surface area contributed by atoms with Crippen molar-refractivity contribution in [3.8, 4) is 5.75 Å². The molecule has 1 rings (SSSR count). The van der Waals surface area contributed by atoms with Gasteiger partial charge in [-0.2, -0.15) is 0 Å². The lowest BCUT2D eigenvalue weighted by Crippen LogP contribution is -2.23. The minimum Gasteiger partial charge on any atom is -0.492 e. The highest BCUT2D eigenvalue weighted by atomic mass is 32.2. The lowest BCUT2D eigenvalue weighted by atomic mass is 10.0. The van der Waals surface area contributed by atoms with E-state index in [-0.39, 0.29) is 23.7 Å². The zero-order chi connectivity index (χ0) is 15.2. The molecule has 1 atom stereocenters. The summed E-state index contributed by atoms with van der Waals surface area (Å²) >= 11 is 0. The highest BCUT2D eigenvalue weighted by molar-refractivity contribution is 7.91. The number of sulfone groups is 1. The fraction of sp³-hybridized carbons (Fsp3) is 0.600. The van der Waals surface area contributed by atoms with E-state index in [1.54, 1.807) is 13.8 Å². The molecule has 0 fully saturated rings. The summed E-state index contributed by atoms with van der Waals surface area (Å²) in [4.78, 5) is 0. The molecule has 5 heteroatoms. The molecule has 0 aliphatic carbocycles. The number of ether oxygens (including phenoxy) is 1. The van der Waals surface area contributed by atoms with Crippen LogP contribution < -0.4 is 10.1 Å². The molecule has 0 amide bonds. The lowest BCUT2D eigenvalue weighted by Gasteiger charge is -2.19. The number of hydrogen-bond donors (Lipinski definition) is 1. The molecular weight excluding hydrogens is 274 g/mol. The van der Waals surface area contributed by atoms with Gasteiger partial charge in [-0.05, 0) is 33.4 Å². The van der Waals surface area contributed by atoms with Gasteiger partial charge in [-0.25, -0.2) is 8.42 Å². The van der Waals surface area contributed by atoms with Crippen LogP contribution in [-0.4, -0.2) is 33.1 Å². The van der Waals surface area contributed by atoms with Crippen molar-refractivity contribution in [1.29, 1.82) is 0 Å². The van der Waals surface area contributed by atoms with Gasteiger partial charge in [-0.1, -0.05) is 25.1 Å². The van der Waals surface area contributed by atoms with E-state index in [1.807, 2.05) is 31.3 Å². The molecule has 0 radical (unpaired) electrons. The summed E-state index contributed by atoms with van der Waals surface area (Å²) in [6, 6.07) is 7.98. The van der Waals surface area contributed by atoms with Crippen molar-refractivity contribution in [3.05, 3.63) is 29.8 Å². The summed E-state index contributed by atoms with van der Waals surface area (Å²) < 4.78 is 29.2. The third kappa shape index (κ3) is 4.49. The highest BCUT2D eigenvalue weighted by Crippen LogP contribution is 2.26. The van der Waals surface area contributed by atoms with E-state index in [1.165, 1.54) is 0 Å². The number of benzene rings is 1. The first-order valence-electron chi connectivity index (χ1n) is 7.03. The SMILES string of the molecule is CCC(NC)c1ccccc1OCCS(=O)(=O)C(C)C. The Labute approximate surface area is 122 Å². The van der Waals surface area contributed by atoms with Gasteiger partial charge in [-0.15, -0.1) is 0 Å². The van der Waals surface area contributed by atoms with Gasteiger partial charge in [-0.3, -0.25) is 0 Å². The van der Waals surface area contributed by atoms with Crippen LogP contribution in [0.5, 0.6) is 5.75 Å². The Morgan fingerprint density at radius 3 is 2.45 bits per heavy atom. The predicted molar refractivity (Wildman–Crippen MR) is 83.0 cm³/mol. The molecule has 0 saturated heterocycles. The molecule has 0 saturated carbocycles. The Bertz CT molecular complexity index is 508. The van der Waals surface area contributed by atoms with Crippen LogP contribution >= 0.6 is 0 Å². The second kappa shape index (κ2) is 7.64. The first-order chi connectivity index (χ1) is 9.42. The van der Waals surface area contributed by atoms with Gasteiger partial charge in [0.2, 0.25) is 0 Å². The van der Waals surface area contributed by atoms with Crippen molar-refractivity contribution in [2.24, 2.45) is 0 Å². The minimum absolute atomic E-state index is 0.0509. The maximum atomic E-state index is 11.8. The summed E-state index contributed by atoms with van der Waals surface area (Å²) in [5.41, 5.74) is 1.07. The van der Waals surface area contributed by atoms with Crippen LogP contribution in [0.15, 0.2) is 24.3 Å². The molecule has 20 heavy (non-hydrogen) atoms. The van der Waals surface area contributed by atoms with Gasteiger partial charge in [0.15, 0.2) is 9.84 Å². The largest absolute Gasteiger partial charge is 0.492 e. The fourth-order valence-corrected chi connectivity index (χ4v) is 2.77. The molecule has 4 nitrogen and oxygen atoms in total. The van der Waals surface area contributed by atoms with Gasteiger partial charge in [0.1, 0.15) is 12.4 Å². The Morgan fingerprint density at radius 1 is 1.25 bits per heavy atom. The Balaban J connectivity index is 2.74. The van der Waals surface area contributed by atoms with Crippen LogP contribution in [0.2, 0.25) is 0 Å². The molecule has 1 N–H and O–H groups in total. The zero-order valence-electron chi connectivity index (χ0n) is 12.7. The molecule has 0 aliphatic heterocycles. The number of hydrogen-bond acceptors (Lipinski definition) is 4. The van der Waals surface area contributed by atoms with Crippen LogP contribution in [-0.2, 0) is 9.84 Å². The Kier molecular flexibility index (Phi) is 6.49. The van der Waals surface area contributed by atoms with Crippen LogP contribution in [0.25, 0.3) is 0 Å². The molecule has 0 heterocycles. The minimum atomic E-state index is -3.05. The van der Waals surface area contributed by atoms with Crippen LogP contribution in [0, 0.1) is 0 Å². The van der Waals surface area contributed by atoms with E-state index in [9.17, 15) is 8.42 Å².